The normalized spacial score (nSPS) is 24.6. The zero-order valence-corrected chi connectivity index (χ0v) is 6.54. The number of esters is 1. The van der Waals surface area contributed by atoms with E-state index >= 15 is 0 Å². The van der Waals surface area contributed by atoms with Crippen molar-refractivity contribution < 1.29 is 19.3 Å². The van der Waals surface area contributed by atoms with Crippen LogP contribution in [-0.4, -0.2) is 25.3 Å². The third-order valence-corrected chi connectivity index (χ3v) is 1.43. The molecule has 1 fully saturated rings. The highest BCUT2D eigenvalue weighted by atomic mass is 17.2. The van der Waals surface area contributed by atoms with Gasteiger partial charge in [0.05, 0.1) is 13.2 Å². The average molecular weight is 160 g/mol. The minimum absolute atomic E-state index is 0.327. The Morgan fingerprint density at radius 1 is 1.73 bits per heavy atom. The van der Waals surface area contributed by atoms with Crippen LogP contribution in [0.3, 0.4) is 0 Å². The Balaban J connectivity index is 2.27. The van der Waals surface area contributed by atoms with Crippen LogP contribution in [0.15, 0.2) is 0 Å². The maximum Gasteiger partial charge on any atom is 0.338 e. The molecule has 1 atom stereocenters. The molecule has 0 aromatic heterocycles. The van der Waals surface area contributed by atoms with Crippen LogP contribution < -0.4 is 0 Å². The molecule has 64 valence electrons. The molecule has 0 N–H and O–H groups in total. The first-order valence-corrected chi connectivity index (χ1v) is 3.79. The van der Waals surface area contributed by atoms with E-state index in [1.165, 1.54) is 0 Å². The van der Waals surface area contributed by atoms with Crippen LogP contribution in [0.2, 0.25) is 0 Å². The van der Waals surface area contributed by atoms with Crippen LogP contribution >= 0.6 is 0 Å². The highest BCUT2D eigenvalue weighted by Crippen LogP contribution is 2.11. The van der Waals surface area contributed by atoms with Crippen LogP contribution in [0.4, 0.5) is 0 Å². The van der Waals surface area contributed by atoms with E-state index in [1.807, 2.05) is 0 Å². The Labute approximate surface area is 65.4 Å². The van der Waals surface area contributed by atoms with Gasteiger partial charge in [-0.25, -0.2) is 14.6 Å². The summed E-state index contributed by atoms with van der Waals surface area (Å²) in [5.74, 6) is -0.327. The number of carbonyl (C=O) groups is 1. The first-order valence-electron chi connectivity index (χ1n) is 3.79. The predicted octanol–water partition coefficient (Wildman–Crippen LogP) is 0.660. The maximum atomic E-state index is 11.0. The number of hydrogen-bond acceptors (Lipinski definition) is 4. The fourth-order valence-corrected chi connectivity index (χ4v) is 0.898. The van der Waals surface area contributed by atoms with Gasteiger partial charge in [-0.1, -0.05) is 0 Å². The van der Waals surface area contributed by atoms with Gasteiger partial charge in [-0.05, 0) is 19.8 Å². The molecule has 0 spiro atoms. The molecule has 1 aliphatic heterocycles. The van der Waals surface area contributed by atoms with Gasteiger partial charge in [0.25, 0.3) is 0 Å². The largest absolute Gasteiger partial charge is 0.464 e. The average Bonchev–Trinajstić information content (AvgIpc) is 2.07. The molecule has 0 bridgehead atoms. The molecule has 0 aromatic carbocycles. The van der Waals surface area contributed by atoms with Gasteiger partial charge in [0.2, 0.25) is 0 Å². The van der Waals surface area contributed by atoms with Crippen molar-refractivity contribution in [2.75, 3.05) is 13.2 Å². The van der Waals surface area contributed by atoms with Gasteiger partial charge in [-0.15, -0.1) is 0 Å². The Hall–Kier alpha value is -0.610. The summed E-state index contributed by atoms with van der Waals surface area (Å²) in [6, 6.07) is 0. The Kier molecular flexibility index (Phi) is 3.32. The molecule has 0 amide bonds. The predicted molar refractivity (Wildman–Crippen MR) is 36.7 cm³/mol. The molecule has 4 heteroatoms. The second-order valence-corrected chi connectivity index (χ2v) is 2.30. The smallest absolute Gasteiger partial charge is 0.338 e. The van der Waals surface area contributed by atoms with Crippen LogP contribution in [0.1, 0.15) is 19.8 Å². The molecule has 1 aliphatic rings. The Morgan fingerprint density at radius 2 is 2.55 bits per heavy atom. The van der Waals surface area contributed by atoms with Gasteiger partial charge in [0.1, 0.15) is 0 Å². The molecule has 0 saturated carbocycles. The molecule has 1 rings (SSSR count). The Bertz CT molecular complexity index is 128. The Morgan fingerprint density at radius 3 is 3.09 bits per heavy atom. The van der Waals surface area contributed by atoms with Gasteiger partial charge < -0.3 is 4.74 Å². The second-order valence-electron chi connectivity index (χ2n) is 2.30. The van der Waals surface area contributed by atoms with E-state index in [0.29, 0.717) is 19.6 Å². The van der Waals surface area contributed by atoms with Crippen molar-refractivity contribution >= 4 is 5.97 Å². The summed E-state index contributed by atoms with van der Waals surface area (Å²) in [6.07, 6.45) is 1.03. The first kappa shape index (κ1) is 8.49. The molecule has 4 nitrogen and oxygen atoms in total. The van der Waals surface area contributed by atoms with Crippen LogP contribution in [0.5, 0.6) is 0 Å². The zero-order chi connectivity index (χ0) is 8.10. The fraction of sp³-hybridized carbons (Fsp3) is 0.857. The zero-order valence-electron chi connectivity index (χ0n) is 6.54. The van der Waals surface area contributed by atoms with Crippen molar-refractivity contribution in [2.45, 2.75) is 25.9 Å². The minimum Gasteiger partial charge on any atom is -0.464 e. The molecule has 0 radical (unpaired) electrons. The summed E-state index contributed by atoms with van der Waals surface area (Å²) in [5.41, 5.74) is 0. The van der Waals surface area contributed by atoms with Gasteiger partial charge >= 0.3 is 5.97 Å². The molecule has 0 aliphatic carbocycles. The van der Waals surface area contributed by atoms with E-state index < -0.39 is 6.10 Å². The summed E-state index contributed by atoms with van der Waals surface area (Å²) in [6.45, 7) is 2.72. The number of hydrogen-bond donors (Lipinski definition) is 0. The molecule has 1 saturated heterocycles. The quantitative estimate of drug-likeness (QED) is 0.439. The first-order chi connectivity index (χ1) is 5.34. The fourth-order valence-electron chi connectivity index (χ4n) is 0.898. The molecule has 0 aromatic rings. The highest BCUT2D eigenvalue weighted by Gasteiger charge is 2.24. The van der Waals surface area contributed by atoms with Crippen molar-refractivity contribution in [3.05, 3.63) is 0 Å². The molecule has 1 heterocycles. The van der Waals surface area contributed by atoms with Crippen molar-refractivity contribution in [1.82, 2.24) is 0 Å². The van der Waals surface area contributed by atoms with Crippen LogP contribution in [-0.2, 0) is 19.3 Å². The van der Waals surface area contributed by atoms with E-state index in [9.17, 15) is 4.79 Å². The minimum atomic E-state index is -0.510. The molecule has 1 unspecified atom stereocenters. The molecular weight excluding hydrogens is 148 g/mol. The van der Waals surface area contributed by atoms with Gasteiger partial charge in [0, 0.05) is 0 Å². The monoisotopic (exact) mass is 160 g/mol. The van der Waals surface area contributed by atoms with Crippen LogP contribution in [0, 0.1) is 0 Å². The lowest BCUT2D eigenvalue weighted by molar-refractivity contribution is -0.339. The van der Waals surface area contributed by atoms with Crippen molar-refractivity contribution in [3.8, 4) is 0 Å². The highest BCUT2D eigenvalue weighted by molar-refractivity contribution is 5.74. The molecular formula is C7H12O4. The van der Waals surface area contributed by atoms with E-state index in [1.54, 1.807) is 6.92 Å². The summed E-state index contributed by atoms with van der Waals surface area (Å²) in [5, 5.41) is 0. The van der Waals surface area contributed by atoms with E-state index in [4.69, 9.17) is 9.62 Å². The number of rotatable bonds is 2. The van der Waals surface area contributed by atoms with Crippen molar-refractivity contribution in [2.24, 2.45) is 0 Å². The van der Waals surface area contributed by atoms with E-state index in [-0.39, 0.29) is 5.97 Å². The van der Waals surface area contributed by atoms with Gasteiger partial charge in [0.15, 0.2) is 6.10 Å². The lowest BCUT2D eigenvalue weighted by Gasteiger charge is -2.18. The second kappa shape index (κ2) is 4.31. The lowest BCUT2D eigenvalue weighted by atomic mass is 10.2. The number of carbonyl (C=O) groups excluding carboxylic acids is 1. The van der Waals surface area contributed by atoms with E-state index in [0.717, 1.165) is 6.42 Å². The lowest BCUT2D eigenvalue weighted by Crippen LogP contribution is -2.30. The third kappa shape index (κ3) is 2.48. The topological polar surface area (TPSA) is 44.8 Å². The van der Waals surface area contributed by atoms with Crippen LogP contribution in [0.25, 0.3) is 0 Å². The SMILES string of the molecule is CCOC(=O)C1CCCOO1. The standard InChI is InChI=1S/C7H12O4/c1-2-9-7(8)6-4-3-5-10-11-6/h6H,2-5H2,1H3. The van der Waals surface area contributed by atoms with Gasteiger partial charge in [-0.3, -0.25) is 0 Å². The summed E-state index contributed by atoms with van der Waals surface area (Å²) < 4.78 is 4.74. The van der Waals surface area contributed by atoms with Gasteiger partial charge in [-0.2, -0.15) is 0 Å². The number of ether oxygens (including phenoxy) is 1. The summed E-state index contributed by atoms with van der Waals surface area (Å²) in [7, 11) is 0. The van der Waals surface area contributed by atoms with E-state index in [2.05, 4.69) is 4.89 Å². The maximum absolute atomic E-state index is 11.0. The van der Waals surface area contributed by atoms with Crippen molar-refractivity contribution in [3.63, 3.8) is 0 Å². The van der Waals surface area contributed by atoms with Crippen molar-refractivity contribution in [1.29, 1.82) is 0 Å². The third-order valence-electron chi connectivity index (χ3n) is 1.43. The summed E-state index contributed by atoms with van der Waals surface area (Å²) >= 11 is 0. The summed E-state index contributed by atoms with van der Waals surface area (Å²) in [4.78, 5) is 20.3. The molecule has 11 heavy (non-hydrogen) atoms.